The first-order chi connectivity index (χ1) is 16.9. The summed E-state index contributed by atoms with van der Waals surface area (Å²) in [5.41, 5.74) is 8.84. The number of nitrogens with two attached hydrogens (primary N) is 3. The number of halogens is 1. The van der Waals surface area contributed by atoms with E-state index in [9.17, 15) is 4.39 Å². The summed E-state index contributed by atoms with van der Waals surface area (Å²) in [4.78, 5) is 13.4. The first kappa shape index (κ1) is 29.5. The van der Waals surface area contributed by atoms with Crippen molar-refractivity contribution in [2.75, 3.05) is 50.4 Å². The molecule has 1 saturated heterocycles. The Balaban J connectivity index is 0.000000926. The number of aromatic nitrogens is 2. The van der Waals surface area contributed by atoms with Crippen LogP contribution < -0.4 is 22.3 Å². The molecular formula is C25H40FN9. The highest BCUT2D eigenvalue weighted by Crippen LogP contribution is 2.23. The number of hydrazine groups is 1. The molecule has 6 N–H and O–H groups in total. The van der Waals surface area contributed by atoms with Crippen LogP contribution in [-0.4, -0.2) is 65.5 Å². The lowest BCUT2D eigenvalue weighted by molar-refractivity contribution is 0.313. The van der Waals surface area contributed by atoms with E-state index in [-0.39, 0.29) is 23.9 Å². The molecule has 3 rings (SSSR count). The summed E-state index contributed by atoms with van der Waals surface area (Å²) < 4.78 is 12.3. The fraction of sp³-hybridized carbons (Fsp3) is 0.400. The Hall–Kier alpha value is -3.50. The Labute approximate surface area is 208 Å². The highest BCUT2D eigenvalue weighted by molar-refractivity contribution is 6.00. The number of hydrogen-bond donors (Lipinski definition) is 3. The first-order valence-electron chi connectivity index (χ1n) is 11.7. The Morgan fingerprint density at radius 3 is 2.23 bits per heavy atom. The number of hydrogen-bond acceptors (Lipinski definition) is 8. The molecule has 10 heteroatoms. The average molecular weight is 486 g/mol. The van der Waals surface area contributed by atoms with Crippen LogP contribution in [0.5, 0.6) is 0 Å². The Morgan fingerprint density at radius 2 is 1.71 bits per heavy atom. The van der Waals surface area contributed by atoms with Crippen molar-refractivity contribution in [3.05, 3.63) is 60.7 Å². The van der Waals surface area contributed by atoms with Crippen LogP contribution in [0.25, 0.3) is 11.3 Å². The van der Waals surface area contributed by atoms with Gasteiger partial charge in [-0.05, 0) is 39.1 Å². The molecular weight excluding hydrogens is 445 g/mol. The second kappa shape index (κ2) is 16.2. The SMILES string of the molecule is C/C=C\C.CC.CN1CCN(c2ccc(-c3cnc(N)c(/C(=N/N)N(N)C/C=C/F)n3)cc2)CC1. The first-order valence-corrected chi connectivity index (χ1v) is 11.7. The zero-order valence-electron chi connectivity index (χ0n) is 21.5. The van der Waals surface area contributed by atoms with Gasteiger partial charge in [-0.15, -0.1) is 0 Å². The molecule has 9 nitrogen and oxygen atoms in total. The van der Waals surface area contributed by atoms with Crippen LogP contribution in [0.4, 0.5) is 15.9 Å². The fourth-order valence-corrected chi connectivity index (χ4v) is 3.12. The van der Waals surface area contributed by atoms with Gasteiger partial charge in [0.1, 0.15) is 0 Å². The third-order valence-corrected chi connectivity index (χ3v) is 5.16. The number of anilines is 2. The van der Waals surface area contributed by atoms with Gasteiger partial charge in [-0.2, -0.15) is 5.10 Å². The van der Waals surface area contributed by atoms with E-state index < -0.39 is 0 Å². The summed E-state index contributed by atoms with van der Waals surface area (Å²) >= 11 is 0. The second-order valence-corrected chi connectivity index (χ2v) is 7.46. The molecule has 1 aromatic carbocycles. The lowest BCUT2D eigenvalue weighted by Gasteiger charge is -2.34. The van der Waals surface area contributed by atoms with E-state index in [0.29, 0.717) is 12.0 Å². The normalized spacial score (nSPS) is 14.4. The molecule has 1 aliphatic heterocycles. The molecule has 0 unspecified atom stereocenters. The molecule has 1 aromatic heterocycles. The number of allylic oxidation sites excluding steroid dienone is 2. The second-order valence-electron chi connectivity index (χ2n) is 7.46. The van der Waals surface area contributed by atoms with Gasteiger partial charge in [0, 0.05) is 37.4 Å². The summed E-state index contributed by atoms with van der Waals surface area (Å²) in [6, 6.07) is 8.11. The quantitative estimate of drug-likeness (QED) is 0.193. The number of benzene rings is 1. The highest BCUT2D eigenvalue weighted by Gasteiger charge is 2.18. The van der Waals surface area contributed by atoms with Gasteiger partial charge in [-0.3, -0.25) is 5.01 Å². The number of piperazine rings is 1. The molecule has 0 spiro atoms. The summed E-state index contributed by atoms with van der Waals surface area (Å²) in [6.45, 7) is 12.1. The number of nitrogen functional groups attached to an aromatic ring is 1. The number of amidine groups is 1. The topological polar surface area (TPSA) is 126 Å². The lowest BCUT2D eigenvalue weighted by atomic mass is 10.1. The van der Waals surface area contributed by atoms with Crippen LogP contribution in [0.2, 0.25) is 0 Å². The summed E-state index contributed by atoms with van der Waals surface area (Å²) in [5, 5.41) is 4.81. The van der Waals surface area contributed by atoms with Crippen molar-refractivity contribution in [1.29, 1.82) is 0 Å². The largest absolute Gasteiger partial charge is 0.382 e. The third kappa shape index (κ3) is 8.99. The van der Waals surface area contributed by atoms with E-state index in [1.807, 2.05) is 52.0 Å². The van der Waals surface area contributed by atoms with Gasteiger partial charge in [0.15, 0.2) is 17.3 Å². The summed E-state index contributed by atoms with van der Waals surface area (Å²) in [5.74, 6) is 11.6. The summed E-state index contributed by atoms with van der Waals surface area (Å²) in [7, 11) is 2.13. The molecule has 0 radical (unpaired) electrons. The number of rotatable bonds is 5. The molecule has 192 valence electrons. The molecule has 0 aliphatic carbocycles. The highest BCUT2D eigenvalue weighted by atomic mass is 19.1. The van der Waals surface area contributed by atoms with Crippen molar-refractivity contribution in [2.24, 2.45) is 16.8 Å². The van der Waals surface area contributed by atoms with E-state index in [2.05, 4.69) is 44.0 Å². The smallest absolute Gasteiger partial charge is 0.192 e. The summed E-state index contributed by atoms with van der Waals surface area (Å²) in [6.07, 6.45) is 7.19. The predicted molar refractivity (Wildman–Crippen MR) is 145 cm³/mol. The maximum atomic E-state index is 12.3. The zero-order valence-corrected chi connectivity index (χ0v) is 21.5. The zero-order chi connectivity index (χ0) is 26.2. The van der Waals surface area contributed by atoms with Crippen LogP contribution >= 0.6 is 0 Å². The lowest BCUT2D eigenvalue weighted by Crippen LogP contribution is -2.44. The monoisotopic (exact) mass is 485 g/mol. The Kier molecular flexibility index (Phi) is 13.7. The van der Waals surface area contributed by atoms with Gasteiger partial charge < -0.3 is 21.4 Å². The van der Waals surface area contributed by atoms with Gasteiger partial charge in [0.05, 0.1) is 24.8 Å². The van der Waals surface area contributed by atoms with Crippen molar-refractivity contribution in [2.45, 2.75) is 27.7 Å². The predicted octanol–water partition coefficient (Wildman–Crippen LogP) is 3.37. The average Bonchev–Trinajstić information content (AvgIpc) is 2.91. The van der Waals surface area contributed by atoms with Crippen LogP contribution in [-0.2, 0) is 0 Å². The van der Waals surface area contributed by atoms with Crippen molar-refractivity contribution in [1.82, 2.24) is 19.9 Å². The molecule has 1 aliphatic rings. The van der Waals surface area contributed by atoms with Crippen molar-refractivity contribution < 1.29 is 4.39 Å². The van der Waals surface area contributed by atoms with Crippen LogP contribution in [0.1, 0.15) is 33.4 Å². The number of nitrogens with zero attached hydrogens (tertiary/aromatic N) is 6. The number of likely N-dealkylation sites (N-methyl/N-ethyl adjacent to an activating group) is 1. The molecule has 1 fully saturated rings. The van der Waals surface area contributed by atoms with Crippen LogP contribution in [0.3, 0.4) is 0 Å². The van der Waals surface area contributed by atoms with Crippen molar-refractivity contribution in [3.8, 4) is 11.3 Å². The van der Waals surface area contributed by atoms with E-state index in [0.717, 1.165) is 36.8 Å². The maximum Gasteiger partial charge on any atom is 0.192 e. The van der Waals surface area contributed by atoms with Crippen molar-refractivity contribution in [3.63, 3.8) is 0 Å². The number of hydrazone groups is 1. The molecule has 35 heavy (non-hydrogen) atoms. The van der Waals surface area contributed by atoms with Crippen LogP contribution in [0.15, 0.2) is 60.1 Å². The van der Waals surface area contributed by atoms with E-state index in [1.54, 1.807) is 6.20 Å². The molecule has 0 atom stereocenters. The fourth-order valence-electron chi connectivity index (χ4n) is 3.12. The van der Waals surface area contributed by atoms with Gasteiger partial charge in [0.2, 0.25) is 0 Å². The minimum Gasteiger partial charge on any atom is -0.382 e. The van der Waals surface area contributed by atoms with Gasteiger partial charge in [-0.25, -0.2) is 20.2 Å². The van der Waals surface area contributed by atoms with Gasteiger partial charge in [0.25, 0.3) is 0 Å². The van der Waals surface area contributed by atoms with E-state index in [1.165, 1.54) is 11.8 Å². The Bertz CT molecular complexity index is 946. The third-order valence-electron chi connectivity index (χ3n) is 5.16. The van der Waals surface area contributed by atoms with Crippen LogP contribution in [0, 0.1) is 0 Å². The minimum absolute atomic E-state index is 0.0532. The van der Waals surface area contributed by atoms with E-state index in [4.69, 9.17) is 17.4 Å². The molecule has 0 amide bonds. The van der Waals surface area contributed by atoms with Gasteiger partial charge >= 0.3 is 0 Å². The molecule has 0 saturated carbocycles. The molecule has 2 aromatic rings. The van der Waals surface area contributed by atoms with Gasteiger partial charge in [-0.1, -0.05) is 38.1 Å². The standard InChI is InChI=1S/C19H26FN9.C4H8.C2H6/c1-27-9-11-28(12-10-27)15-5-3-14(4-6-15)16-13-24-18(21)17(25-16)19(26-22)29(23)8-2-7-20;1-3-4-2;1-2/h2-7,13H,8-12,22-23H2,1H3,(H2,21,24);3-4H,1-2H3;1-2H3/b7-2+,26-19-;4-3-;. The van der Waals surface area contributed by atoms with Crippen molar-refractivity contribution >= 4 is 17.3 Å². The van der Waals surface area contributed by atoms with E-state index >= 15 is 0 Å². The minimum atomic E-state index is 0.0532. The maximum absolute atomic E-state index is 12.3. The Morgan fingerprint density at radius 1 is 1.11 bits per heavy atom. The molecule has 0 bridgehead atoms. The molecule has 2 heterocycles.